The Bertz CT molecular complexity index is 1270. The van der Waals surface area contributed by atoms with Crippen molar-refractivity contribution in [1.82, 2.24) is 0 Å². The molecule has 0 spiro atoms. The summed E-state index contributed by atoms with van der Waals surface area (Å²) in [6.07, 6.45) is -0.0443. The van der Waals surface area contributed by atoms with E-state index in [0.29, 0.717) is 33.8 Å². The van der Waals surface area contributed by atoms with Gasteiger partial charge in [0.05, 0.1) is 30.1 Å². The predicted molar refractivity (Wildman–Crippen MR) is 111 cm³/mol. The zero-order valence-corrected chi connectivity index (χ0v) is 16.8. The first-order valence-corrected chi connectivity index (χ1v) is 9.42. The Hall–Kier alpha value is -3.92. The summed E-state index contributed by atoms with van der Waals surface area (Å²) < 4.78 is 22.5. The third-order valence-electron chi connectivity index (χ3n) is 4.86. The summed E-state index contributed by atoms with van der Waals surface area (Å²) >= 11 is 0. The van der Waals surface area contributed by atoms with Gasteiger partial charge in [0, 0.05) is 0 Å². The number of methoxy groups -OCH3 is 1. The quantitative estimate of drug-likeness (QED) is 0.659. The van der Waals surface area contributed by atoms with Crippen LogP contribution in [0.2, 0.25) is 0 Å². The highest BCUT2D eigenvalue weighted by Crippen LogP contribution is 2.45. The average molecular weight is 404 g/mol. The highest BCUT2D eigenvalue weighted by atomic mass is 16.5. The van der Waals surface area contributed by atoms with E-state index in [1.807, 2.05) is 19.9 Å². The molecule has 1 aromatic heterocycles. The monoisotopic (exact) mass is 404 g/mol. The van der Waals surface area contributed by atoms with Crippen LogP contribution in [0.3, 0.4) is 0 Å². The second-order valence-electron chi connectivity index (χ2n) is 7.13. The Morgan fingerprint density at radius 3 is 2.63 bits per heavy atom. The van der Waals surface area contributed by atoms with E-state index in [9.17, 15) is 10.1 Å². The van der Waals surface area contributed by atoms with Crippen LogP contribution < -0.4 is 25.6 Å². The van der Waals surface area contributed by atoms with E-state index < -0.39 is 11.5 Å². The number of benzene rings is 2. The SMILES string of the molecule is COc1cc([C@H]2C(C#N)=C(N)Oc3c2c(=O)oc2ccccc32)ccc1OC(C)C. The molecule has 2 heterocycles. The van der Waals surface area contributed by atoms with Gasteiger partial charge < -0.3 is 24.4 Å². The maximum atomic E-state index is 12.9. The van der Waals surface area contributed by atoms with Crippen molar-refractivity contribution in [1.29, 1.82) is 5.26 Å². The topological polar surface area (TPSA) is 108 Å². The Kier molecular flexibility index (Phi) is 4.84. The molecule has 0 unspecified atom stereocenters. The van der Waals surface area contributed by atoms with Crippen molar-refractivity contribution < 1.29 is 18.6 Å². The van der Waals surface area contributed by atoms with Crippen molar-refractivity contribution in [3.63, 3.8) is 0 Å². The van der Waals surface area contributed by atoms with Crippen molar-refractivity contribution in [2.75, 3.05) is 7.11 Å². The molecule has 0 fully saturated rings. The number of allylic oxidation sites excluding steroid dienone is 1. The molecule has 1 atom stereocenters. The minimum absolute atomic E-state index is 0.0443. The Morgan fingerprint density at radius 2 is 1.93 bits per heavy atom. The summed E-state index contributed by atoms with van der Waals surface area (Å²) in [5, 5.41) is 10.4. The van der Waals surface area contributed by atoms with Crippen LogP contribution in [0.25, 0.3) is 11.0 Å². The number of nitrogens with two attached hydrogens (primary N) is 1. The van der Waals surface area contributed by atoms with E-state index in [-0.39, 0.29) is 23.1 Å². The first-order valence-electron chi connectivity index (χ1n) is 9.42. The van der Waals surface area contributed by atoms with Gasteiger partial charge in [-0.1, -0.05) is 18.2 Å². The predicted octanol–water partition coefficient (Wildman–Crippen LogP) is 3.81. The van der Waals surface area contributed by atoms with Gasteiger partial charge in [0.2, 0.25) is 5.88 Å². The smallest absolute Gasteiger partial charge is 0.344 e. The van der Waals surface area contributed by atoms with Crippen molar-refractivity contribution in [2.45, 2.75) is 25.9 Å². The zero-order valence-electron chi connectivity index (χ0n) is 16.8. The fourth-order valence-corrected chi connectivity index (χ4v) is 3.61. The third-order valence-corrected chi connectivity index (χ3v) is 4.86. The van der Waals surface area contributed by atoms with Gasteiger partial charge in [0.15, 0.2) is 17.2 Å². The first kappa shape index (κ1) is 19.4. The molecule has 4 rings (SSSR count). The van der Waals surface area contributed by atoms with E-state index >= 15 is 0 Å². The molecule has 0 bridgehead atoms. The summed E-state index contributed by atoms with van der Waals surface area (Å²) in [6, 6.07) is 14.4. The van der Waals surface area contributed by atoms with E-state index in [1.54, 1.807) is 36.4 Å². The van der Waals surface area contributed by atoms with Crippen LogP contribution in [0.4, 0.5) is 0 Å². The molecule has 1 aliphatic heterocycles. The van der Waals surface area contributed by atoms with Crippen molar-refractivity contribution >= 4 is 11.0 Å². The molecule has 2 aromatic carbocycles. The number of fused-ring (bicyclic) bond motifs is 3. The second kappa shape index (κ2) is 7.48. The van der Waals surface area contributed by atoms with E-state index in [2.05, 4.69) is 6.07 Å². The summed E-state index contributed by atoms with van der Waals surface area (Å²) in [6.45, 7) is 3.82. The number of nitriles is 1. The van der Waals surface area contributed by atoms with E-state index in [4.69, 9.17) is 24.4 Å². The van der Waals surface area contributed by atoms with Gasteiger partial charge in [-0.05, 0) is 43.7 Å². The number of rotatable bonds is 4. The number of nitrogens with zero attached hydrogens (tertiary/aromatic N) is 1. The normalized spacial score (nSPS) is 15.5. The molecule has 0 amide bonds. The third kappa shape index (κ3) is 3.12. The molecule has 1 aliphatic rings. The van der Waals surface area contributed by atoms with Crippen LogP contribution in [-0.2, 0) is 0 Å². The van der Waals surface area contributed by atoms with Crippen LogP contribution in [-0.4, -0.2) is 13.2 Å². The number of hydrogen-bond donors (Lipinski definition) is 1. The maximum absolute atomic E-state index is 12.9. The lowest BCUT2D eigenvalue weighted by Crippen LogP contribution is -2.26. The maximum Gasteiger partial charge on any atom is 0.344 e. The lowest BCUT2D eigenvalue weighted by atomic mass is 9.83. The molecule has 7 nitrogen and oxygen atoms in total. The second-order valence-corrected chi connectivity index (χ2v) is 7.13. The number of hydrogen-bond acceptors (Lipinski definition) is 7. The summed E-state index contributed by atoms with van der Waals surface area (Å²) in [4.78, 5) is 12.9. The van der Waals surface area contributed by atoms with E-state index in [1.165, 1.54) is 7.11 Å². The van der Waals surface area contributed by atoms with Crippen LogP contribution in [0.15, 0.2) is 63.1 Å². The fourth-order valence-electron chi connectivity index (χ4n) is 3.61. The van der Waals surface area contributed by atoms with Gasteiger partial charge in [-0.2, -0.15) is 5.26 Å². The molecule has 0 saturated heterocycles. The van der Waals surface area contributed by atoms with Crippen LogP contribution in [0.5, 0.6) is 17.2 Å². The van der Waals surface area contributed by atoms with Gasteiger partial charge >= 0.3 is 5.63 Å². The molecule has 30 heavy (non-hydrogen) atoms. The summed E-state index contributed by atoms with van der Waals surface area (Å²) in [7, 11) is 1.53. The summed E-state index contributed by atoms with van der Waals surface area (Å²) in [5.41, 5.74) is 6.86. The van der Waals surface area contributed by atoms with Crippen molar-refractivity contribution in [3.05, 3.63) is 75.5 Å². The van der Waals surface area contributed by atoms with Gasteiger partial charge in [0.1, 0.15) is 17.2 Å². The molecule has 0 saturated carbocycles. The Morgan fingerprint density at radius 1 is 1.17 bits per heavy atom. The first-order chi connectivity index (χ1) is 14.4. The van der Waals surface area contributed by atoms with Gasteiger partial charge in [-0.3, -0.25) is 0 Å². The lowest BCUT2D eigenvalue weighted by Gasteiger charge is -2.26. The van der Waals surface area contributed by atoms with E-state index in [0.717, 1.165) is 0 Å². The zero-order chi connectivity index (χ0) is 21.4. The molecule has 152 valence electrons. The molecule has 0 radical (unpaired) electrons. The minimum atomic E-state index is -0.762. The molecule has 0 aliphatic carbocycles. The highest BCUT2D eigenvalue weighted by molar-refractivity contribution is 5.86. The molecule has 3 aromatic rings. The molecular formula is C23H20N2O5. The van der Waals surface area contributed by atoms with Crippen molar-refractivity contribution in [3.8, 4) is 23.3 Å². The molecule has 7 heteroatoms. The van der Waals surface area contributed by atoms with Gasteiger partial charge in [0.25, 0.3) is 0 Å². The van der Waals surface area contributed by atoms with Crippen LogP contribution in [0.1, 0.15) is 30.9 Å². The molecular weight excluding hydrogens is 384 g/mol. The summed E-state index contributed by atoms with van der Waals surface area (Å²) in [5.74, 6) is 0.526. The lowest BCUT2D eigenvalue weighted by molar-refractivity contribution is 0.230. The molecule has 2 N–H and O–H groups in total. The minimum Gasteiger partial charge on any atom is -0.493 e. The number of ether oxygens (including phenoxy) is 3. The average Bonchev–Trinajstić information content (AvgIpc) is 2.73. The standard InChI is InChI=1S/C23H20N2O5/c1-12(2)28-17-9-8-13(10-18(17)27-3)19-15(11-24)22(25)30-21-14-6-4-5-7-16(14)29-23(26)20(19)21/h4-10,12,19H,25H2,1-3H3/t19-/m0/s1. The largest absolute Gasteiger partial charge is 0.493 e. The fraction of sp³-hybridized carbons (Fsp3) is 0.217. The highest BCUT2D eigenvalue weighted by Gasteiger charge is 2.35. The Labute approximate surface area is 172 Å². The van der Waals surface area contributed by atoms with Crippen molar-refractivity contribution in [2.24, 2.45) is 5.73 Å². The van der Waals surface area contributed by atoms with Crippen LogP contribution >= 0.6 is 0 Å². The van der Waals surface area contributed by atoms with Gasteiger partial charge in [-0.25, -0.2) is 4.79 Å². The van der Waals surface area contributed by atoms with Crippen LogP contribution in [0, 0.1) is 11.3 Å². The Balaban J connectivity index is 1.97. The van der Waals surface area contributed by atoms with Gasteiger partial charge in [-0.15, -0.1) is 0 Å². The number of para-hydroxylation sites is 1.